The lowest BCUT2D eigenvalue weighted by molar-refractivity contribution is -0.137. The zero-order valence-electron chi connectivity index (χ0n) is 15.7. The van der Waals surface area contributed by atoms with Crippen molar-refractivity contribution in [3.63, 3.8) is 0 Å². The molecule has 0 amide bonds. The van der Waals surface area contributed by atoms with E-state index in [0.717, 1.165) is 16.4 Å². The SMILES string of the molecule is CCO/C(O)=C(/C#N)C1c2ccccc2S(=O)(=O)N1Cc1ccc(C(F)(F)F)cc1. The highest BCUT2D eigenvalue weighted by atomic mass is 32.2. The lowest BCUT2D eigenvalue weighted by Gasteiger charge is -2.23. The van der Waals surface area contributed by atoms with Crippen molar-refractivity contribution in [1.82, 2.24) is 4.31 Å². The van der Waals surface area contributed by atoms with E-state index in [0.29, 0.717) is 0 Å². The standard InChI is InChI=1S/C20H17F3N2O4S/c1-2-29-19(26)16(11-24)18-15-5-3-4-6-17(15)30(27,28)25(18)12-13-7-9-14(10-8-13)20(21,22)23/h3-10,18,26H,2,12H2,1H3/b19-16-. The van der Waals surface area contributed by atoms with Crippen LogP contribution in [0.4, 0.5) is 13.2 Å². The minimum atomic E-state index is -4.52. The van der Waals surface area contributed by atoms with Gasteiger partial charge in [0.05, 0.1) is 23.1 Å². The van der Waals surface area contributed by atoms with Crippen molar-refractivity contribution in [3.8, 4) is 6.07 Å². The third-order valence-electron chi connectivity index (χ3n) is 4.61. The highest BCUT2D eigenvalue weighted by Gasteiger charge is 2.45. The number of nitrogens with zero attached hydrogens (tertiary/aromatic N) is 2. The number of sulfonamides is 1. The van der Waals surface area contributed by atoms with Gasteiger partial charge in [-0.25, -0.2) is 8.42 Å². The molecule has 0 aromatic heterocycles. The number of fused-ring (bicyclic) bond motifs is 1. The summed E-state index contributed by atoms with van der Waals surface area (Å²) in [6, 6.07) is 10.7. The Morgan fingerprint density at radius 1 is 1.20 bits per heavy atom. The van der Waals surface area contributed by atoms with Gasteiger partial charge in [-0.1, -0.05) is 30.3 Å². The van der Waals surface area contributed by atoms with Crippen LogP contribution in [-0.2, 0) is 27.5 Å². The van der Waals surface area contributed by atoms with E-state index in [1.165, 1.54) is 30.3 Å². The van der Waals surface area contributed by atoms with Crippen LogP contribution in [0.1, 0.15) is 29.7 Å². The van der Waals surface area contributed by atoms with Gasteiger partial charge >= 0.3 is 6.18 Å². The molecule has 0 bridgehead atoms. The number of hydrogen-bond donors (Lipinski definition) is 1. The maximum atomic E-state index is 13.1. The third kappa shape index (κ3) is 3.86. The zero-order valence-corrected chi connectivity index (χ0v) is 16.5. The fraction of sp³-hybridized carbons (Fsp3) is 0.250. The van der Waals surface area contributed by atoms with Gasteiger partial charge in [-0.05, 0) is 36.2 Å². The van der Waals surface area contributed by atoms with Crippen molar-refractivity contribution in [1.29, 1.82) is 5.26 Å². The van der Waals surface area contributed by atoms with Crippen molar-refractivity contribution in [2.75, 3.05) is 6.61 Å². The molecular formula is C20H17F3N2O4S. The Bertz CT molecular complexity index is 1120. The number of rotatable bonds is 5. The van der Waals surface area contributed by atoms with E-state index in [1.54, 1.807) is 19.1 Å². The molecule has 3 rings (SSSR count). The van der Waals surface area contributed by atoms with E-state index < -0.39 is 33.8 Å². The monoisotopic (exact) mass is 438 g/mol. The number of alkyl halides is 3. The Labute approximate surface area is 171 Å². The number of ether oxygens (including phenoxy) is 1. The molecule has 1 aliphatic rings. The van der Waals surface area contributed by atoms with Gasteiger partial charge in [-0.15, -0.1) is 0 Å². The number of halogens is 3. The highest BCUT2D eigenvalue weighted by Crippen LogP contribution is 2.45. The summed E-state index contributed by atoms with van der Waals surface area (Å²) in [5, 5.41) is 19.8. The predicted molar refractivity (Wildman–Crippen MR) is 100 cm³/mol. The molecule has 0 spiro atoms. The Hall–Kier alpha value is -3.03. The van der Waals surface area contributed by atoms with E-state index in [4.69, 9.17) is 4.74 Å². The Kier molecular flexibility index (Phi) is 5.78. The molecule has 1 heterocycles. The molecule has 2 aromatic carbocycles. The fourth-order valence-electron chi connectivity index (χ4n) is 3.26. The van der Waals surface area contributed by atoms with E-state index >= 15 is 0 Å². The largest absolute Gasteiger partial charge is 0.480 e. The summed E-state index contributed by atoms with van der Waals surface area (Å²) in [4.78, 5) is -0.0426. The van der Waals surface area contributed by atoms with E-state index in [-0.39, 0.29) is 34.7 Å². The van der Waals surface area contributed by atoms with Crippen molar-refractivity contribution < 1.29 is 31.4 Å². The molecule has 10 heteroatoms. The van der Waals surface area contributed by atoms with Crippen molar-refractivity contribution in [2.24, 2.45) is 0 Å². The summed E-state index contributed by atoms with van der Waals surface area (Å²) in [7, 11) is -4.08. The normalized spacial score (nSPS) is 19.0. The van der Waals surface area contributed by atoms with Crippen LogP contribution in [0, 0.1) is 11.3 Å². The summed E-state index contributed by atoms with van der Waals surface area (Å²) < 4.78 is 70.6. The molecule has 1 unspecified atom stereocenters. The van der Waals surface area contributed by atoms with Gasteiger partial charge in [0, 0.05) is 6.54 Å². The first-order chi connectivity index (χ1) is 14.1. The third-order valence-corrected chi connectivity index (χ3v) is 6.50. The summed E-state index contributed by atoms with van der Waals surface area (Å²) in [6.07, 6.45) is -4.52. The van der Waals surface area contributed by atoms with Crippen LogP contribution in [0.3, 0.4) is 0 Å². The average Bonchev–Trinajstić information content (AvgIpc) is 2.91. The molecule has 1 aliphatic heterocycles. The molecule has 0 radical (unpaired) electrons. The number of aliphatic hydroxyl groups excluding tert-OH is 1. The van der Waals surface area contributed by atoms with Crippen LogP contribution < -0.4 is 0 Å². The van der Waals surface area contributed by atoms with Crippen molar-refractivity contribution in [3.05, 3.63) is 76.7 Å². The average molecular weight is 438 g/mol. The number of hydrogen-bond acceptors (Lipinski definition) is 5. The maximum absolute atomic E-state index is 13.1. The highest BCUT2D eigenvalue weighted by molar-refractivity contribution is 7.89. The lowest BCUT2D eigenvalue weighted by atomic mass is 9.99. The summed E-state index contributed by atoms with van der Waals surface area (Å²) >= 11 is 0. The lowest BCUT2D eigenvalue weighted by Crippen LogP contribution is -2.29. The summed E-state index contributed by atoms with van der Waals surface area (Å²) in [6.45, 7) is 1.34. The predicted octanol–water partition coefficient (Wildman–Crippen LogP) is 4.28. The van der Waals surface area contributed by atoms with Gasteiger partial charge in [0.15, 0.2) is 0 Å². The molecule has 0 saturated heterocycles. The van der Waals surface area contributed by atoms with Crippen LogP contribution in [-0.4, -0.2) is 24.4 Å². The summed E-state index contributed by atoms with van der Waals surface area (Å²) in [5.41, 5.74) is -0.607. The molecular weight excluding hydrogens is 421 g/mol. The van der Waals surface area contributed by atoms with Crippen molar-refractivity contribution in [2.45, 2.75) is 30.6 Å². The second-order valence-electron chi connectivity index (χ2n) is 6.45. The topological polar surface area (TPSA) is 90.6 Å². The van der Waals surface area contributed by atoms with Gasteiger partial charge in [0.2, 0.25) is 10.0 Å². The second-order valence-corrected chi connectivity index (χ2v) is 8.31. The maximum Gasteiger partial charge on any atom is 0.416 e. The molecule has 158 valence electrons. The molecule has 0 aliphatic carbocycles. The van der Waals surface area contributed by atoms with E-state index in [2.05, 4.69) is 0 Å². The Balaban J connectivity index is 2.09. The Morgan fingerprint density at radius 2 is 1.83 bits per heavy atom. The van der Waals surface area contributed by atoms with Crippen LogP contribution in [0.5, 0.6) is 0 Å². The molecule has 1 atom stereocenters. The molecule has 30 heavy (non-hydrogen) atoms. The van der Waals surface area contributed by atoms with Crippen molar-refractivity contribution >= 4 is 10.0 Å². The smallest absolute Gasteiger partial charge is 0.416 e. The minimum absolute atomic E-state index is 0.0426. The summed E-state index contributed by atoms with van der Waals surface area (Å²) in [5.74, 6) is -0.700. The van der Waals surface area contributed by atoms with Crippen LogP contribution in [0.15, 0.2) is 64.9 Å². The zero-order chi connectivity index (χ0) is 22.1. The molecule has 2 aromatic rings. The first-order valence-electron chi connectivity index (χ1n) is 8.84. The van der Waals surface area contributed by atoms with Gasteiger partial charge in [0.25, 0.3) is 5.95 Å². The minimum Gasteiger partial charge on any atom is -0.480 e. The molecule has 0 fully saturated rings. The van der Waals surface area contributed by atoms with Crippen LogP contribution in [0.2, 0.25) is 0 Å². The molecule has 0 saturated carbocycles. The molecule has 6 nitrogen and oxygen atoms in total. The van der Waals surface area contributed by atoms with E-state index in [1.807, 2.05) is 0 Å². The molecule has 1 N–H and O–H groups in total. The van der Waals surface area contributed by atoms with Gasteiger partial charge < -0.3 is 9.84 Å². The first-order valence-corrected chi connectivity index (χ1v) is 10.3. The second kappa shape index (κ2) is 8.01. The van der Waals surface area contributed by atoms with E-state index in [9.17, 15) is 32.0 Å². The number of benzene rings is 2. The fourth-order valence-corrected chi connectivity index (χ4v) is 5.05. The van der Waals surface area contributed by atoms with Crippen LogP contribution in [0.25, 0.3) is 0 Å². The van der Waals surface area contributed by atoms with Gasteiger partial charge in [-0.3, -0.25) is 0 Å². The van der Waals surface area contributed by atoms with Gasteiger partial charge in [-0.2, -0.15) is 22.7 Å². The number of nitriles is 1. The quantitative estimate of drug-likeness (QED) is 0.556. The van der Waals surface area contributed by atoms with Crippen LogP contribution >= 0.6 is 0 Å². The number of aliphatic hydroxyl groups is 1. The van der Waals surface area contributed by atoms with Gasteiger partial charge in [0.1, 0.15) is 11.6 Å². The first kappa shape index (κ1) is 21.7. The Morgan fingerprint density at radius 3 is 2.40 bits per heavy atom.